The lowest BCUT2D eigenvalue weighted by Crippen LogP contribution is -1.98. The van der Waals surface area contributed by atoms with Crippen molar-refractivity contribution in [3.05, 3.63) is 42.4 Å². The molecular weight excluding hydrogens is 184 g/mol. The van der Waals surface area contributed by atoms with E-state index in [0.29, 0.717) is 0 Å². The Morgan fingerprint density at radius 2 is 2.13 bits per heavy atom. The van der Waals surface area contributed by atoms with Crippen LogP contribution in [0.1, 0.15) is 24.6 Å². The third-order valence-corrected chi connectivity index (χ3v) is 2.99. The maximum absolute atomic E-state index is 4.18. The van der Waals surface area contributed by atoms with Crippen molar-refractivity contribution in [1.82, 2.24) is 9.55 Å². The van der Waals surface area contributed by atoms with Crippen LogP contribution in [-0.4, -0.2) is 9.55 Å². The lowest BCUT2D eigenvalue weighted by molar-refractivity contribution is 0.730. The van der Waals surface area contributed by atoms with Crippen LogP contribution in [0.2, 0.25) is 0 Å². The fourth-order valence-electron chi connectivity index (χ4n) is 2.12. The molecule has 15 heavy (non-hydrogen) atoms. The Bertz CT molecular complexity index is 467. The second-order valence-corrected chi connectivity index (χ2v) is 4.20. The van der Waals surface area contributed by atoms with Gasteiger partial charge in [0.1, 0.15) is 0 Å². The Labute approximate surface area is 89.6 Å². The van der Waals surface area contributed by atoms with Crippen LogP contribution in [0.4, 0.5) is 0 Å². The standard InChI is InChI=1S/C13H14N2/c1-10-4-7-13(15(10)12-5-6-12)11-3-2-8-14-9-11/h2-4,7-9,12H,5-6H2,1H3. The van der Waals surface area contributed by atoms with Crippen molar-refractivity contribution in [3.8, 4) is 11.3 Å². The van der Waals surface area contributed by atoms with Gasteiger partial charge in [-0.3, -0.25) is 4.98 Å². The summed E-state index contributed by atoms with van der Waals surface area (Å²) in [6.45, 7) is 2.18. The summed E-state index contributed by atoms with van der Waals surface area (Å²) in [7, 11) is 0. The topological polar surface area (TPSA) is 17.8 Å². The van der Waals surface area contributed by atoms with E-state index in [1.807, 2.05) is 18.5 Å². The minimum Gasteiger partial charge on any atom is -0.342 e. The molecule has 0 atom stereocenters. The van der Waals surface area contributed by atoms with Crippen LogP contribution < -0.4 is 0 Å². The fraction of sp³-hybridized carbons (Fsp3) is 0.308. The second kappa shape index (κ2) is 3.23. The van der Waals surface area contributed by atoms with Crippen LogP contribution in [0.25, 0.3) is 11.3 Å². The van der Waals surface area contributed by atoms with Gasteiger partial charge in [-0.2, -0.15) is 0 Å². The zero-order valence-electron chi connectivity index (χ0n) is 8.85. The highest BCUT2D eigenvalue weighted by molar-refractivity contribution is 5.60. The third-order valence-electron chi connectivity index (χ3n) is 2.99. The SMILES string of the molecule is Cc1ccc(-c2cccnc2)n1C1CC1. The molecule has 0 aromatic carbocycles. The zero-order valence-corrected chi connectivity index (χ0v) is 8.85. The van der Waals surface area contributed by atoms with Gasteiger partial charge < -0.3 is 4.57 Å². The monoisotopic (exact) mass is 198 g/mol. The summed E-state index contributed by atoms with van der Waals surface area (Å²) in [5, 5.41) is 0. The summed E-state index contributed by atoms with van der Waals surface area (Å²) >= 11 is 0. The quantitative estimate of drug-likeness (QED) is 0.724. The second-order valence-electron chi connectivity index (χ2n) is 4.20. The lowest BCUT2D eigenvalue weighted by Gasteiger charge is -2.09. The summed E-state index contributed by atoms with van der Waals surface area (Å²) in [5.74, 6) is 0. The van der Waals surface area contributed by atoms with Gasteiger partial charge in [0.25, 0.3) is 0 Å². The normalized spacial score (nSPS) is 15.5. The zero-order chi connectivity index (χ0) is 10.3. The maximum Gasteiger partial charge on any atom is 0.0500 e. The van der Waals surface area contributed by atoms with Gasteiger partial charge in [0, 0.05) is 29.7 Å². The molecule has 2 aromatic heterocycles. The Balaban J connectivity index is 2.12. The van der Waals surface area contributed by atoms with E-state index in [1.54, 1.807) is 0 Å². The van der Waals surface area contributed by atoms with Gasteiger partial charge in [-0.25, -0.2) is 0 Å². The summed E-state index contributed by atoms with van der Waals surface area (Å²) in [5.41, 5.74) is 3.89. The van der Waals surface area contributed by atoms with Crippen molar-refractivity contribution >= 4 is 0 Å². The van der Waals surface area contributed by atoms with Crippen LogP contribution in [0.3, 0.4) is 0 Å². The first-order valence-electron chi connectivity index (χ1n) is 5.44. The molecule has 0 saturated heterocycles. The molecule has 76 valence electrons. The van der Waals surface area contributed by atoms with E-state index in [2.05, 4.69) is 34.7 Å². The summed E-state index contributed by atoms with van der Waals surface area (Å²) in [6, 6.07) is 9.25. The van der Waals surface area contributed by atoms with Crippen molar-refractivity contribution in [1.29, 1.82) is 0 Å². The summed E-state index contributed by atoms with van der Waals surface area (Å²) in [4.78, 5) is 4.18. The summed E-state index contributed by atoms with van der Waals surface area (Å²) < 4.78 is 2.44. The molecule has 2 heterocycles. The number of hydrogen-bond acceptors (Lipinski definition) is 1. The first kappa shape index (κ1) is 8.72. The van der Waals surface area contributed by atoms with Gasteiger partial charge >= 0.3 is 0 Å². The predicted molar refractivity (Wildman–Crippen MR) is 60.7 cm³/mol. The molecule has 3 rings (SSSR count). The summed E-state index contributed by atoms with van der Waals surface area (Å²) in [6.07, 6.45) is 6.40. The van der Waals surface area contributed by atoms with Gasteiger partial charge in [0.15, 0.2) is 0 Å². The third kappa shape index (κ3) is 1.46. The molecule has 2 nitrogen and oxygen atoms in total. The van der Waals surface area contributed by atoms with Crippen molar-refractivity contribution in [2.75, 3.05) is 0 Å². The Morgan fingerprint density at radius 1 is 1.27 bits per heavy atom. The molecule has 0 bridgehead atoms. The number of nitrogens with zero attached hydrogens (tertiary/aromatic N) is 2. The van der Waals surface area contributed by atoms with Gasteiger partial charge in [-0.05, 0) is 44.0 Å². The van der Waals surface area contributed by atoms with Crippen molar-refractivity contribution < 1.29 is 0 Å². The van der Waals surface area contributed by atoms with Gasteiger partial charge in [0.05, 0.1) is 5.69 Å². The van der Waals surface area contributed by atoms with E-state index in [4.69, 9.17) is 0 Å². The Kier molecular flexibility index (Phi) is 1.88. The first-order valence-corrected chi connectivity index (χ1v) is 5.44. The van der Waals surface area contributed by atoms with Gasteiger partial charge in [-0.1, -0.05) is 0 Å². The number of rotatable bonds is 2. The predicted octanol–water partition coefficient (Wildman–Crippen LogP) is 3.19. The number of aromatic nitrogens is 2. The molecule has 1 fully saturated rings. The van der Waals surface area contributed by atoms with E-state index < -0.39 is 0 Å². The van der Waals surface area contributed by atoms with Crippen molar-refractivity contribution in [2.24, 2.45) is 0 Å². The highest BCUT2D eigenvalue weighted by Crippen LogP contribution is 2.39. The molecule has 0 unspecified atom stereocenters. The minimum absolute atomic E-state index is 0.732. The van der Waals surface area contributed by atoms with Gasteiger partial charge in [-0.15, -0.1) is 0 Å². The fourth-order valence-corrected chi connectivity index (χ4v) is 2.12. The molecule has 1 aliphatic carbocycles. The van der Waals surface area contributed by atoms with Crippen molar-refractivity contribution in [3.63, 3.8) is 0 Å². The van der Waals surface area contributed by atoms with E-state index in [0.717, 1.165) is 6.04 Å². The smallest absolute Gasteiger partial charge is 0.0500 e. The number of aryl methyl sites for hydroxylation is 1. The Morgan fingerprint density at radius 3 is 2.80 bits per heavy atom. The molecule has 1 aliphatic rings. The minimum atomic E-state index is 0.732. The lowest BCUT2D eigenvalue weighted by atomic mass is 10.2. The molecule has 0 radical (unpaired) electrons. The number of pyridine rings is 1. The number of hydrogen-bond donors (Lipinski definition) is 0. The highest BCUT2D eigenvalue weighted by atomic mass is 15.1. The van der Waals surface area contributed by atoms with E-state index in [1.165, 1.54) is 29.8 Å². The van der Waals surface area contributed by atoms with Crippen LogP contribution in [-0.2, 0) is 0 Å². The molecule has 1 saturated carbocycles. The van der Waals surface area contributed by atoms with Crippen LogP contribution >= 0.6 is 0 Å². The molecule has 0 spiro atoms. The van der Waals surface area contributed by atoms with Crippen LogP contribution in [0.15, 0.2) is 36.7 Å². The average Bonchev–Trinajstić information content (AvgIpc) is 3.03. The largest absolute Gasteiger partial charge is 0.342 e. The molecular formula is C13H14N2. The Hall–Kier alpha value is -1.57. The average molecular weight is 198 g/mol. The molecule has 2 aromatic rings. The highest BCUT2D eigenvalue weighted by Gasteiger charge is 2.26. The first-order chi connectivity index (χ1) is 7.36. The van der Waals surface area contributed by atoms with Gasteiger partial charge in [0.2, 0.25) is 0 Å². The molecule has 0 N–H and O–H groups in total. The van der Waals surface area contributed by atoms with Crippen LogP contribution in [0.5, 0.6) is 0 Å². The maximum atomic E-state index is 4.18. The molecule has 0 aliphatic heterocycles. The molecule has 2 heteroatoms. The van der Waals surface area contributed by atoms with Crippen molar-refractivity contribution in [2.45, 2.75) is 25.8 Å². The van der Waals surface area contributed by atoms with E-state index >= 15 is 0 Å². The van der Waals surface area contributed by atoms with Crippen LogP contribution in [0, 0.1) is 6.92 Å². The molecule has 0 amide bonds. The van der Waals surface area contributed by atoms with E-state index in [9.17, 15) is 0 Å². The van der Waals surface area contributed by atoms with E-state index in [-0.39, 0.29) is 0 Å².